The van der Waals surface area contributed by atoms with Crippen LogP contribution >= 0.6 is 0 Å². The number of hydrogen-bond acceptors (Lipinski definition) is 4. The van der Waals surface area contributed by atoms with Gasteiger partial charge in [0.25, 0.3) is 10.1 Å². The molecule has 0 aliphatic rings. The molecule has 0 saturated heterocycles. The third-order valence-electron chi connectivity index (χ3n) is 9.12. The summed E-state index contributed by atoms with van der Waals surface area (Å²) in [6, 6.07) is -1.06. The molecule has 7 heteroatoms. The fraction of sp³-hybridized carbons (Fsp3) is 0.875. The molecule has 6 nitrogen and oxygen atoms in total. The molecule has 0 bridgehead atoms. The first-order valence-corrected chi connectivity index (χ1v) is 21.6. The molecular weight excluding hydrogens is 607 g/mol. The first-order chi connectivity index (χ1) is 22.8. The number of aliphatic hydroxyl groups is 1. The fourth-order valence-corrected chi connectivity index (χ4v) is 6.83. The van der Waals surface area contributed by atoms with Crippen LogP contribution in [0.1, 0.15) is 206 Å². The number of allylic oxidation sites excluding steroid dienone is 3. The second kappa shape index (κ2) is 34.7. The Morgan fingerprint density at radius 3 is 1.28 bits per heavy atom. The number of rotatable bonds is 36. The summed E-state index contributed by atoms with van der Waals surface area (Å²) in [6.07, 6.45) is 43.0. The molecule has 0 aliphatic heterocycles. The maximum Gasteiger partial charge on any atom is 0.267 e. The van der Waals surface area contributed by atoms with Crippen LogP contribution in [0.2, 0.25) is 0 Å². The molecule has 1 amide bonds. The minimum absolute atomic E-state index is 0.282. The standard InChI is InChI=1S/C40H77NO5S/c1-3-5-7-9-11-13-15-17-19-20-22-24-26-28-30-32-34-36-40(43)41-38(37-47(44,45)46)39(42)35-33-31-29-27-25-23-21-18-16-14-12-10-8-6-4-2/h17,19,33,35,38-39,42H,3-16,18,20-32,34,36-37H2,1-2H3,(H,41,43)(H,44,45,46)/b19-17-,35-33+. The lowest BCUT2D eigenvalue weighted by Gasteiger charge is -2.21. The predicted octanol–water partition coefficient (Wildman–Crippen LogP) is 11.6. The topological polar surface area (TPSA) is 104 Å². The average Bonchev–Trinajstić information content (AvgIpc) is 3.03. The van der Waals surface area contributed by atoms with Crippen LogP contribution in [0, 0.1) is 0 Å². The largest absolute Gasteiger partial charge is 0.387 e. The molecule has 3 N–H and O–H groups in total. The van der Waals surface area contributed by atoms with Gasteiger partial charge < -0.3 is 10.4 Å². The van der Waals surface area contributed by atoms with Gasteiger partial charge in [0.15, 0.2) is 0 Å². The lowest BCUT2D eigenvalue weighted by atomic mass is 10.0. The van der Waals surface area contributed by atoms with Crippen molar-refractivity contribution in [1.82, 2.24) is 5.32 Å². The van der Waals surface area contributed by atoms with E-state index >= 15 is 0 Å². The maximum atomic E-state index is 12.5. The minimum Gasteiger partial charge on any atom is -0.387 e. The quantitative estimate of drug-likeness (QED) is 0.0346. The Bertz CT molecular complexity index is 842. The van der Waals surface area contributed by atoms with E-state index in [2.05, 4.69) is 31.3 Å². The first-order valence-electron chi connectivity index (χ1n) is 20.0. The third-order valence-corrected chi connectivity index (χ3v) is 9.90. The van der Waals surface area contributed by atoms with Gasteiger partial charge in [-0.1, -0.05) is 179 Å². The summed E-state index contributed by atoms with van der Waals surface area (Å²) in [5.41, 5.74) is 0. The van der Waals surface area contributed by atoms with Gasteiger partial charge in [0, 0.05) is 6.42 Å². The number of carbonyl (C=O) groups is 1. The smallest absolute Gasteiger partial charge is 0.267 e. The zero-order valence-electron chi connectivity index (χ0n) is 30.9. The van der Waals surface area contributed by atoms with Crippen molar-refractivity contribution >= 4 is 16.0 Å². The molecule has 0 aromatic rings. The Labute approximate surface area is 292 Å². The molecule has 278 valence electrons. The van der Waals surface area contributed by atoms with E-state index in [-0.39, 0.29) is 5.91 Å². The van der Waals surface area contributed by atoms with E-state index in [9.17, 15) is 22.9 Å². The predicted molar refractivity (Wildman–Crippen MR) is 202 cm³/mol. The fourth-order valence-electron chi connectivity index (χ4n) is 6.09. The van der Waals surface area contributed by atoms with E-state index in [1.165, 1.54) is 141 Å². The van der Waals surface area contributed by atoms with Gasteiger partial charge in [-0.25, -0.2) is 0 Å². The Hall–Kier alpha value is -1.18. The van der Waals surface area contributed by atoms with Crippen LogP contribution in [0.25, 0.3) is 0 Å². The molecule has 0 saturated carbocycles. The maximum absolute atomic E-state index is 12.5. The third kappa shape index (κ3) is 35.9. The summed E-state index contributed by atoms with van der Waals surface area (Å²) in [5.74, 6) is -0.979. The molecule has 0 rings (SSSR count). The molecule has 0 heterocycles. The average molecular weight is 684 g/mol. The summed E-state index contributed by atoms with van der Waals surface area (Å²) in [4.78, 5) is 12.5. The van der Waals surface area contributed by atoms with Crippen LogP contribution in [0.3, 0.4) is 0 Å². The van der Waals surface area contributed by atoms with Gasteiger partial charge in [-0.05, 0) is 44.9 Å². The summed E-state index contributed by atoms with van der Waals surface area (Å²) in [6.45, 7) is 4.51. The van der Waals surface area contributed by atoms with Crippen molar-refractivity contribution in [3.63, 3.8) is 0 Å². The van der Waals surface area contributed by atoms with Gasteiger partial charge in [-0.2, -0.15) is 8.42 Å². The SMILES string of the molecule is CCCCCCCC/C=C\CCCCCCCCCC(=O)NC(CS(=O)(=O)O)C(O)/C=C/CCCCCCCCCCCCCCC. The highest BCUT2D eigenvalue weighted by molar-refractivity contribution is 7.85. The minimum atomic E-state index is -4.34. The molecule has 0 radical (unpaired) electrons. The summed E-state index contributed by atoms with van der Waals surface area (Å²) >= 11 is 0. The van der Waals surface area contributed by atoms with Crippen molar-refractivity contribution in [2.75, 3.05) is 5.75 Å². The highest BCUT2D eigenvalue weighted by Crippen LogP contribution is 2.14. The van der Waals surface area contributed by atoms with Crippen LogP contribution in [0.15, 0.2) is 24.3 Å². The lowest BCUT2D eigenvalue weighted by molar-refractivity contribution is -0.122. The van der Waals surface area contributed by atoms with Crippen molar-refractivity contribution in [3.05, 3.63) is 24.3 Å². The number of unbranched alkanes of at least 4 members (excludes halogenated alkanes) is 26. The van der Waals surface area contributed by atoms with Crippen LogP contribution in [-0.4, -0.2) is 41.9 Å². The normalized spacial score (nSPS) is 13.5. The number of aliphatic hydroxyl groups excluding tert-OH is 1. The Morgan fingerprint density at radius 1 is 0.553 bits per heavy atom. The summed E-state index contributed by atoms with van der Waals surface area (Å²) in [7, 11) is -4.34. The number of nitrogens with one attached hydrogen (secondary N) is 1. The van der Waals surface area contributed by atoms with Crippen molar-refractivity contribution in [2.24, 2.45) is 0 Å². The zero-order chi connectivity index (χ0) is 34.7. The zero-order valence-corrected chi connectivity index (χ0v) is 31.7. The Kier molecular flexibility index (Phi) is 33.8. The highest BCUT2D eigenvalue weighted by Gasteiger charge is 2.24. The van der Waals surface area contributed by atoms with Crippen LogP contribution in [-0.2, 0) is 14.9 Å². The molecule has 0 aliphatic carbocycles. The Morgan fingerprint density at radius 2 is 0.894 bits per heavy atom. The molecule has 0 aromatic carbocycles. The van der Waals surface area contributed by atoms with Crippen molar-refractivity contribution < 1.29 is 22.9 Å². The highest BCUT2D eigenvalue weighted by atomic mass is 32.2. The molecule has 0 fully saturated rings. The monoisotopic (exact) mass is 684 g/mol. The van der Waals surface area contributed by atoms with Crippen LogP contribution < -0.4 is 5.32 Å². The van der Waals surface area contributed by atoms with Crippen molar-refractivity contribution in [2.45, 2.75) is 219 Å². The van der Waals surface area contributed by atoms with Crippen LogP contribution in [0.5, 0.6) is 0 Å². The van der Waals surface area contributed by atoms with Gasteiger partial charge in [-0.3, -0.25) is 9.35 Å². The van der Waals surface area contributed by atoms with E-state index in [0.717, 1.165) is 44.9 Å². The molecular formula is C40H77NO5S. The molecule has 47 heavy (non-hydrogen) atoms. The number of carbonyl (C=O) groups excluding carboxylic acids is 1. The van der Waals surface area contributed by atoms with Gasteiger partial charge in [0.05, 0.1) is 17.9 Å². The lowest BCUT2D eigenvalue weighted by Crippen LogP contribution is -2.46. The van der Waals surface area contributed by atoms with E-state index in [1.54, 1.807) is 6.08 Å². The van der Waals surface area contributed by atoms with Gasteiger partial charge >= 0.3 is 0 Å². The van der Waals surface area contributed by atoms with Gasteiger partial charge in [0.1, 0.15) is 0 Å². The van der Waals surface area contributed by atoms with Crippen molar-refractivity contribution in [3.8, 4) is 0 Å². The van der Waals surface area contributed by atoms with E-state index < -0.39 is 28.0 Å². The second-order valence-electron chi connectivity index (χ2n) is 13.9. The van der Waals surface area contributed by atoms with E-state index in [4.69, 9.17) is 0 Å². The van der Waals surface area contributed by atoms with Crippen molar-refractivity contribution in [1.29, 1.82) is 0 Å². The van der Waals surface area contributed by atoms with Gasteiger partial charge in [-0.15, -0.1) is 0 Å². The number of hydrogen-bond donors (Lipinski definition) is 3. The number of amides is 1. The molecule has 0 aromatic heterocycles. The molecule has 2 unspecified atom stereocenters. The first kappa shape index (κ1) is 45.8. The Balaban J connectivity index is 3.93. The van der Waals surface area contributed by atoms with Crippen LogP contribution in [0.4, 0.5) is 0 Å². The molecule has 2 atom stereocenters. The summed E-state index contributed by atoms with van der Waals surface area (Å²) < 4.78 is 32.4. The van der Waals surface area contributed by atoms with E-state index in [1.807, 2.05) is 6.08 Å². The van der Waals surface area contributed by atoms with E-state index in [0.29, 0.717) is 6.42 Å². The molecule has 0 spiro atoms. The summed E-state index contributed by atoms with van der Waals surface area (Å²) in [5, 5.41) is 13.2. The van der Waals surface area contributed by atoms with Gasteiger partial charge in [0.2, 0.25) is 5.91 Å². The second-order valence-corrected chi connectivity index (χ2v) is 15.4.